The lowest BCUT2D eigenvalue weighted by Crippen LogP contribution is -2.55. The molecule has 10 heteroatoms. The van der Waals surface area contributed by atoms with Gasteiger partial charge < -0.3 is 31.1 Å². The summed E-state index contributed by atoms with van der Waals surface area (Å²) in [5.74, 6) is -1.75. The minimum absolute atomic E-state index is 0.0922. The molecule has 0 spiro atoms. The van der Waals surface area contributed by atoms with Crippen LogP contribution in [-0.4, -0.2) is 66.1 Å². The lowest BCUT2D eigenvalue weighted by atomic mass is 9.99. The summed E-state index contributed by atoms with van der Waals surface area (Å²) in [7, 11) is 1.47. The molecule has 3 rings (SSSR count). The van der Waals surface area contributed by atoms with Crippen molar-refractivity contribution >= 4 is 17.7 Å². The number of halogens is 1. The number of benzene rings is 2. The molecule has 2 unspecified atom stereocenters. The Labute approximate surface area is 235 Å². The van der Waals surface area contributed by atoms with E-state index in [1.54, 1.807) is 6.07 Å². The van der Waals surface area contributed by atoms with Gasteiger partial charge in [0, 0.05) is 32.6 Å². The Bertz CT molecular complexity index is 1160. The molecule has 0 saturated carbocycles. The zero-order valence-electron chi connectivity index (χ0n) is 23.3. The molecule has 1 aliphatic rings. The second-order valence-electron chi connectivity index (χ2n) is 10.3. The number of rotatable bonds is 8. The highest BCUT2D eigenvalue weighted by Gasteiger charge is 2.32. The molecule has 3 atom stereocenters. The van der Waals surface area contributed by atoms with Crippen LogP contribution in [0.25, 0.3) is 0 Å². The second-order valence-corrected chi connectivity index (χ2v) is 10.3. The number of likely N-dealkylation sites (N-methyl/N-ethyl adjacent to an activating group) is 1. The van der Waals surface area contributed by atoms with Crippen LogP contribution in [0.1, 0.15) is 55.7 Å². The monoisotopic (exact) mass is 556 g/mol. The number of aryl methyl sites for hydroxylation is 1. The largest absolute Gasteiger partial charge is 0.493 e. The van der Waals surface area contributed by atoms with Crippen molar-refractivity contribution in [3.05, 3.63) is 65.0 Å². The van der Waals surface area contributed by atoms with Crippen LogP contribution in [0.4, 0.5) is 4.39 Å². The van der Waals surface area contributed by atoms with Crippen LogP contribution in [0.3, 0.4) is 0 Å². The van der Waals surface area contributed by atoms with Crippen molar-refractivity contribution in [1.82, 2.24) is 15.5 Å². The normalized spacial score (nSPS) is 19.9. The Morgan fingerprint density at radius 2 is 1.98 bits per heavy atom. The quantitative estimate of drug-likeness (QED) is 0.394. The third-order valence-electron chi connectivity index (χ3n) is 7.12. The number of fused-ring (bicyclic) bond motifs is 2. The lowest BCUT2D eigenvalue weighted by molar-refractivity contribution is -0.141. The molecule has 0 aliphatic carbocycles. The highest BCUT2D eigenvalue weighted by atomic mass is 19.1. The zero-order chi connectivity index (χ0) is 29.1. The molecule has 0 saturated heterocycles. The second kappa shape index (κ2) is 15.3. The first-order chi connectivity index (χ1) is 19.2. The van der Waals surface area contributed by atoms with Crippen LogP contribution < -0.4 is 21.1 Å². The number of nitrogens with zero attached hydrogens (tertiary/aromatic N) is 1. The zero-order valence-corrected chi connectivity index (χ0v) is 23.3. The molecule has 9 nitrogen and oxygen atoms in total. The maximum atomic E-state index is 14.5. The van der Waals surface area contributed by atoms with Crippen LogP contribution in [0.2, 0.25) is 0 Å². The van der Waals surface area contributed by atoms with Gasteiger partial charge in [-0.15, -0.1) is 0 Å². The van der Waals surface area contributed by atoms with E-state index in [1.807, 2.05) is 18.2 Å². The Hall–Kier alpha value is -3.50. The van der Waals surface area contributed by atoms with Crippen molar-refractivity contribution in [3.8, 4) is 5.75 Å². The SMILES string of the molecule is CCc1cccc(CNC[C@@H](O)C2Cc3cc(F)cc(c3)OCCCCCC(=O)N(C)C(CC(N)=O)C(=O)N2)c1. The molecule has 3 amide bonds. The minimum atomic E-state index is -1.14. The smallest absolute Gasteiger partial charge is 0.243 e. The molecule has 2 aromatic carbocycles. The van der Waals surface area contributed by atoms with Crippen molar-refractivity contribution in [3.63, 3.8) is 0 Å². The van der Waals surface area contributed by atoms with Gasteiger partial charge >= 0.3 is 0 Å². The number of nitrogens with one attached hydrogen (secondary N) is 2. The van der Waals surface area contributed by atoms with E-state index < -0.39 is 35.8 Å². The Balaban J connectivity index is 1.84. The maximum absolute atomic E-state index is 14.5. The van der Waals surface area contributed by atoms with E-state index in [9.17, 15) is 23.9 Å². The van der Waals surface area contributed by atoms with E-state index in [-0.39, 0.29) is 31.7 Å². The molecule has 5 N–H and O–H groups in total. The van der Waals surface area contributed by atoms with Gasteiger partial charge in [-0.25, -0.2) is 4.39 Å². The van der Waals surface area contributed by atoms with Gasteiger partial charge in [-0.05, 0) is 60.9 Å². The average Bonchev–Trinajstić information content (AvgIpc) is 2.91. The Morgan fingerprint density at radius 1 is 1.20 bits per heavy atom. The summed E-state index contributed by atoms with van der Waals surface area (Å²) in [5, 5.41) is 17.2. The summed E-state index contributed by atoms with van der Waals surface area (Å²) in [4.78, 5) is 39.3. The minimum Gasteiger partial charge on any atom is -0.493 e. The number of hydrogen-bond donors (Lipinski definition) is 4. The van der Waals surface area contributed by atoms with Crippen molar-refractivity contribution in [1.29, 1.82) is 0 Å². The van der Waals surface area contributed by atoms with Crippen LogP contribution in [0, 0.1) is 5.82 Å². The summed E-state index contributed by atoms with van der Waals surface area (Å²) in [5.41, 5.74) is 8.20. The maximum Gasteiger partial charge on any atom is 0.243 e. The number of primary amides is 1. The summed E-state index contributed by atoms with van der Waals surface area (Å²) in [6.45, 7) is 3.08. The highest BCUT2D eigenvalue weighted by molar-refractivity contribution is 5.91. The number of amides is 3. The topological polar surface area (TPSA) is 134 Å². The van der Waals surface area contributed by atoms with E-state index in [4.69, 9.17) is 10.5 Å². The summed E-state index contributed by atoms with van der Waals surface area (Å²) < 4.78 is 20.2. The van der Waals surface area contributed by atoms with E-state index in [1.165, 1.54) is 29.6 Å². The van der Waals surface area contributed by atoms with Crippen molar-refractivity contribution in [2.45, 2.75) is 76.6 Å². The van der Waals surface area contributed by atoms with Gasteiger partial charge in [0.05, 0.1) is 25.2 Å². The van der Waals surface area contributed by atoms with Gasteiger partial charge in [0.1, 0.15) is 17.6 Å². The number of hydrogen-bond acceptors (Lipinski definition) is 6. The number of aliphatic hydroxyl groups excluding tert-OH is 1. The first kappa shape index (κ1) is 31.0. The van der Waals surface area contributed by atoms with E-state index in [0.29, 0.717) is 43.7 Å². The van der Waals surface area contributed by atoms with Gasteiger partial charge in [-0.3, -0.25) is 14.4 Å². The fourth-order valence-corrected chi connectivity index (χ4v) is 4.80. The molecule has 40 heavy (non-hydrogen) atoms. The number of carbonyl (C=O) groups is 3. The predicted molar refractivity (Wildman–Crippen MR) is 150 cm³/mol. The summed E-state index contributed by atoms with van der Waals surface area (Å²) in [6.07, 6.45) is 1.71. The average molecular weight is 557 g/mol. The van der Waals surface area contributed by atoms with Crippen LogP contribution in [0.15, 0.2) is 42.5 Å². The molecular formula is C30H41FN4O5. The predicted octanol–water partition coefficient (Wildman–Crippen LogP) is 2.22. The fourth-order valence-electron chi connectivity index (χ4n) is 4.80. The first-order valence-corrected chi connectivity index (χ1v) is 13.9. The molecule has 1 heterocycles. The van der Waals surface area contributed by atoms with Crippen molar-refractivity contribution < 1.29 is 28.6 Å². The first-order valence-electron chi connectivity index (χ1n) is 13.9. The van der Waals surface area contributed by atoms with E-state index >= 15 is 0 Å². The van der Waals surface area contributed by atoms with Crippen molar-refractivity contribution in [2.75, 3.05) is 20.2 Å². The molecular weight excluding hydrogens is 515 g/mol. The summed E-state index contributed by atoms with van der Waals surface area (Å²) >= 11 is 0. The van der Waals surface area contributed by atoms with E-state index in [0.717, 1.165) is 12.0 Å². The molecule has 0 radical (unpaired) electrons. The third kappa shape index (κ3) is 9.60. The van der Waals surface area contributed by atoms with Crippen LogP contribution in [0.5, 0.6) is 5.75 Å². The van der Waals surface area contributed by atoms with Crippen molar-refractivity contribution in [2.24, 2.45) is 5.73 Å². The van der Waals surface area contributed by atoms with Gasteiger partial charge in [-0.2, -0.15) is 0 Å². The molecule has 0 aromatic heterocycles. The standard InChI is InChI=1S/C30H41FN4O5/c1-3-20-8-7-9-21(12-20)18-33-19-27(36)25-15-22-13-23(31)16-24(14-22)40-11-6-4-5-10-29(38)35(2)26(17-28(32)37)30(39)34-25/h7-9,12-14,16,25-27,33,36H,3-6,10-11,15,17-19H2,1-2H3,(H2,32,37)(H,34,39)/t25?,26?,27-/m1/s1. The van der Waals surface area contributed by atoms with Gasteiger partial charge in [-0.1, -0.05) is 31.2 Å². The highest BCUT2D eigenvalue weighted by Crippen LogP contribution is 2.20. The van der Waals surface area contributed by atoms with Gasteiger partial charge in [0.2, 0.25) is 17.7 Å². The van der Waals surface area contributed by atoms with Gasteiger partial charge in [0.25, 0.3) is 0 Å². The summed E-state index contributed by atoms with van der Waals surface area (Å²) in [6, 6.07) is 10.4. The van der Waals surface area contributed by atoms with Gasteiger partial charge in [0.15, 0.2) is 0 Å². The fraction of sp³-hybridized carbons (Fsp3) is 0.500. The van der Waals surface area contributed by atoms with Crippen LogP contribution in [-0.2, 0) is 33.8 Å². The number of ether oxygens (including phenoxy) is 1. The molecule has 1 aliphatic heterocycles. The Morgan fingerprint density at radius 3 is 2.73 bits per heavy atom. The molecule has 0 fully saturated rings. The number of aliphatic hydroxyl groups is 1. The lowest BCUT2D eigenvalue weighted by Gasteiger charge is -2.31. The third-order valence-corrected chi connectivity index (χ3v) is 7.12. The number of carbonyl (C=O) groups excluding carboxylic acids is 3. The number of nitrogens with two attached hydrogens (primary N) is 1. The molecule has 2 bridgehead atoms. The van der Waals surface area contributed by atoms with Crippen LogP contribution >= 0.6 is 0 Å². The van der Waals surface area contributed by atoms with E-state index in [2.05, 4.69) is 23.6 Å². The molecule has 2 aromatic rings. The molecule has 218 valence electrons. The Kier molecular flexibility index (Phi) is 11.9.